The van der Waals surface area contributed by atoms with Gasteiger partial charge in [0, 0.05) is 0 Å². The minimum Gasteiger partial charge on any atom is -0.497 e. The molecule has 0 saturated heterocycles. The summed E-state index contributed by atoms with van der Waals surface area (Å²) < 4.78 is 14.2. The van der Waals surface area contributed by atoms with Crippen molar-refractivity contribution in [3.8, 4) is 5.75 Å². The smallest absolute Gasteiger partial charge is 0.407 e. The van der Waals surface area contributed by atoms with E-state index in [1.165, 1.54) is 0 Å². The fourth-order valence-corrected chi connectivity index (χ4v) is 1.32. The van der Waals surface area contributed by atoms with Gasteiger partial charge in [0.15, 0.2) is 6.10 Å². The molecule has 0 aliphatic rings. The first kappa shape index (κ1) is 15.8. The van der Waals surface area contributed by atoms with Gasteiger partial charge in [0.25, 0.3) is 0 Å². The van der Waals surface area contributed by atoms with Crippen LogP contribution in [0.2, 0.25) is 0 Å². The fraction of sp³-hybridized carbons (Fsp3) is 0.385. The molecule has 1 aromatic carbocycles. The molecule has 7 nitrogen and oxygen atoms in total. The summed E-state index contributed by atoms with van der Waals surface area (Å²) in [6.45, 7) is -0.196. The van der Waals surface area contributed by atoms with E-state index in [-0.39, 0.29) is 13.2 Å². The van der Waals surface area contributed by atoms with Crippen molar-refractivity contribution in [1.82, 2.24) is 5.32 Å². The molecular weight excluding hydrogens is 266 g/mol. The topological polar surface area (TPSA) is 94.1 Å². The van der Waals surface area contributed by atoms with Crippen LogP contribution in [-0.2, 0) is 20.9 Å². The number of benzene rings is 1. The number of ether oxygens (including phenoxy) is 3. The second-order valence-corrected chi connectivity index (χ2v) is 3.84. The highest BCUT2D eigenvalue weighted by atomic mass is 16.6. The Hall–Kier alpha value is -2.28. The number of hydrogen-bond acceptors (Lipinski definition) is 6. The summed E-state index contributed by atoms with van der Waals surface area (Å²) in [5.41, 5.74) is 0.787. The van der Waals surface area contributed by atoms with Gasteiger partial charge >= 0.3 is 12.1 Å². The van der Waals surface area contributed by atoms with Crippen LogP contribution in [0.1, 0.15) is 5.56 Å². The predicted molar refractivity (Wildman–Crippen MR) is 69.2 cm³/mol. The lowest BCUT2D eigenvalue weighted by molar-refractivity contribution is -0.149. The molecule has 0 aliphatic carbocycles. The summed E-state index contributed by atoms with van der Waals surface area (Å²) in [7, 11) is 2.71. The summed E-state index contributed by atoms with van der Waals surface area (Å²) in [5, 5.41) is 11.5. The summed E-state index contributed by atoms with van der Waals surface area (Å²) >= 11 is 0. The number of methoxy groups -OCH3 is 2. The van der Waals surface area contributed by atoms with E-state index >= 15 is 0 Å². The molecule has 0 unspecified atom stereocenters. The van der Waals surface area contributed by atoms with Gasteiger partial charge in [-0.1, -0.05) is 12.1 Å². The van der Waals surface area contributed by atoms with Crippen LogP contribution < -0.4 is 10.1 Å². The fourth-order valence-electron chi connectivity index (χ4n) is 1.32. The molecule has 1 rings (SSSR count). The van der Waals surface area contributed by atoms with E-state index in [1.54, 1.807) is 31.4 Å². The SMILES string of the molecule is COC(=O)[C@@H](O)CNC(=O)OCc1ccc(OC)cc1. The number of alkyl carbamates (subject to hydrolysis) is 1. The molecule has 0 aromatic heterocycles. The Morgan fingerprint density at radius 3 is 2.45 bits per heavy atom. The zero-order chi connectivity index (χ0) is 15.0. The van der Waals surface area contributed by atoms with Crippen LogP contribution in [-0.4, -0.2) is 44.0 Å². The number of aliphatic hydroxyl groups is 1. The van der Waals surface area contributed by atoms with Crippen LogP contribution in [0, 0.1) is 0 Å². The van der Waals surface area contributed by atoms with E-state index < -0.39 is 18.2 Å². The molecule has 20 heavy (non-hydrogen) atoms. The summed E-state index contributed by atoms with van der Waals surface area (Å²) in [4.78, 5) is 22.2. The van der Waals surface area contributed by atoms with E-state index in [0.717, 1.165) is 12.7 Å². The highest BCUT2D eigenvalue weighted by Gasteiger charge is 2.16. The number of carbonyl (C=O) groups is 2. The van der Waals surface area contributed by atoms with Crippen LogP contribution in [0.15, 0.2) is 24.3 Å². The summed E-state index contributed by atoms with van der Waals surface area (Å²) in [5.74, 6) is -0.111. The molecule has 1 aromatic rings. The molecule has 1 atom stereocenters. The van der Waals surface area contributed by atoms with Crippen molar-refractivity contribution in [2.45, 2.75) is 12.7 Å². The van der Waals surface area contributed by atoms with Crippen molar-refractivity contribution in [3.05, 3.63) is 29.8 Å². The van der Waals surface area contributed by atoms with Crippen LogP contribution in [0.4, 0.5) is 4.79 Å². The van der Waals surface area contributed by atoms with Gasteiger partial charge in [-0.25, -0.2) is 9.59 Å². The van der Waals surface area contributed by atoms with Crippen LogP contribution in [0.5, 0.6) is 5.75 Å². The first-order valence-corrected chi connectivity index (χ1v) is 5.86. The second-order valence-electron chi connectivity index (χ2n) is 3.84. The monoisotopic (exact) mass is 283 g/mol. The number of rotatable bonds is 6. The molecule has 0 aliphatic heterocycles. The van der Waals surface area contributed by atoms with Gasteiger partial charge < -0.3 is 24.6 Å². The molecular formula is C13H17NO6. The third-order valence-corrected chi connectivity index (χ3v) is 2.44. The lowest BCUT2D eigenvalue weighted by Gasteiger charge is -2.10. The second kappa shape index (κ2) is 8.00. The molecule has 2 N–H and O–H groups in total. The molecule has 0 bridgehead atoms. The van der Waals surface area contributed by atoms with Gasteiger partial charge in [-0.15, -0.1) is 0 Å². The van der Waals surface area contributed by atoms with Gasteiger partial charge in [-0.3, -0.25) is 0 Å². The van der Waals surface area contributed by atoms with Gasteiger partial charge in [-0.2, -0.15) is 0 Å². The number of esters is 1. The number of hydrogen-bond donors (Lipinski definition) is 2. The van der Waals surface area contributed by atoms with Gasteiger partial charge in [0.2, 0.25) is 0 Å². The van der Waals surface area contributed by atoms with Crippen molar-refractivity contribution in [3.63, 3.8) is 0 Å². The summed E-state index contributed by atoms with van der Waals surface area (Å²) in [6.07, 6.45) is -2.14. The Morgan fingerprint density at radius 2 is 1.90 bits per heavy atom. The van der Waals surface area contributed by atoms with Crippen molar-refractivity contribution in [2.24, 2.45) is 0 Å². The average Bonchev–Trinajstić information content (AvgIpc) is 2.50. The molecule has 0 saturated carbocycles. The third kappa shape index (κ3) is 5.15. The number of carbonyl (C=O) groups excluding carboxylic acids is 2. The van der Waals surface area contributed by atoms with Crippen LogP contribution in [0.3, 0.4) is 0 Å². The Bertz CT molecular complexity index is 445. The minimum atomic E-state index is -1.41. The van der Waals surface area contributed by atoms with Gasteiger partial charge in [0.1, 0.15) is 12.4 Å². The van der Waals surface area contributed by atoms with E-state index in [4.69, 9.17) is 9.47 Å². The summed E-state index contributed by atoms with van der Waals surface area (Å²) in [6, 6.07) is 7.01. The molecule has 0 spiro atoms. The maximum absolute atomic E-state index is 11.3. The number of aliphatic hydroxyl groups excluding tert-OH is 1. The Labute approximate surface area is 116 Å². The van der Waals surface area contributed by atoms with Crippen molar-refractivity contribution in [2.75, 3.05) is 20.8 Å². The van der Waals surface area contributed by atoms with E-state index in [9.17, 15) is 14.7 Å². The molecule has 0 fully saturated rings. The van der Waals surface area contributed by atoms with E-state index in [1.807, 2.05) is 0 Å². The predicted octanol–water partition coefficient (Wildman–Crippen LogP) is 0.455. The van der Waals surface area contributed by atoms with E-state index in [0.29, 0.717) is 5.75 Å². The zero-order valence-electron chi connectivity index (χ0n) is 11.3. The molecule has 110 valence electrons. The highest BCUT2D eigenvalue weighted by molar-refractivity contribution is 5.75. The minimum absolute atomic E-state index is 0.0736. The largest absolute Gasteiger partial charge is 0.497 e. The maximum Gasteiger partial charge on any atom is 0.407 e. The van der Waals surface area contributed by atoms with Crippen LogP contribution >= 0.6 is 0 Å². The van der Waals surface area contributed by atoms with Crippen LogP contribution in [0.25, 0.3) is 0 Å². The standard InChI is InChI=1S/C13H17NO6/c1-18-10-5-3-9(4-6-10)8-20-13(17)14-7-11(15)12(16)19-2/h3-6,11,15H,7-8H2,1-2H3,(H,14,17)/t11-/m0/s1. The Kier molecular flexibility index (Phi) is 6.31. The number of amides is 1. The van der Waals surface area contributed by atoms with Crippen molar-refractivity contribution < 1.29 is 28.9 Å². The zero-order valence-corrected chi connectivity index (χ0v) is 11.3. The van der Waals surface area contributed by atoms with Crippen molar-refractivity contribution >= 4 is 12.1 Å². The Morgan fingerprint density at radius 1 is 1.25 bits per heavy atom. The average molecular weight is 283 g/mol. The lowest BCUT2D eigenvalue weighted by atomic mass is 10.2. The first-order valence-electron chi connectivity index (χ1n) is 5.86. The number of nitrogens with one attached hydrogen (secondary N) is 1. The lowest BCUT2D eigenvalue weighted by Crippen LogP contribution is -2.37. The Balaban J connectivity index is 2.30. The van der Waals surface area contributed by atoms with E-state index in [2.05, 4.69) is 10.1 Å². The maximum atomic E-state index is 11.3. The van der Waals surface area contributed by atoms with Crippen molar-refractivity contribution in [1.29, 1.82) is 0 Å². The molecule has 1 amide bonds. The normalized spacial score (nSPS) is 11.3. The van der Waals surface area contributed by atoms with Gasteiger partial charge in [-0.05, 0) is 17.7 Å². The molecule has 7 heteroatoms. The quantitative estimate of drug-likeness (QED) is 0.736. The molecule has 0 heterocycles. The molecule has 0 radical (unpaired) electrons. The van der Waals surface area contributed by atoms with Gasteiger partial charge in [0.05, 0.1) is 20.8 Å². The highest BCUT2D eigenvalue weighted by Crippen LogP contribution is 2.11. The first-order chi connectivity index (χ1) is 9.56. The third-order valence-electron chi connectivity index (χ3n) is 2.44.